The van der Waals surface area contributed by atoms with Crippen molar-refractivity contribution in [2.75, 3.05) is 19.8 Å². The lowest BCUT2D eigenvalue weighted by atomic mass is 10.3. The summed E-state index contributed by atoms with van der Waals surface area (Å²) in [6.45, 7) is 3.19. The highest BCUT2D eigenvalue weighted by molar-refractivity contribution is 5.97. The second-order valence-electron chi connectivity index (χ2n) is 4.57. The Hall–Kier alpha value is -2.67. The van der Waals surface area contributed by atoms with E-state index in [1.807, 2.05) is 31.2 Å². The highest BCUT2D eigenvalue weighted by atomic mass is 16.5. The zero-order chi connectivity index (χ0) is 15.5. The molecule has 0 unspecified atom stereocenters. The van der Waals surface area contributed by atoms with Gasteiger partial charge in [0.1, 0.15) is 18.5 Å². The fraction of sp³-hybridized carbons (Fsp3) is 0.267. The molecule has 0 bridgehead atoms. The number of para-hydroxylation sites is 2. The van der Waals surface area contributed by atoms with Crippen LogP contribution in [-0.4, -0.2) is 45.3 Å². The molecule has 0 saturated carbocycles. The molecule has 0 spiro atoms. The predicted molar refractivity (Wildman–Crippen MR) is 79.4 cm³/mol. The first-order valence-electron chi connectivity index (χ1n) is 6.92. The Morgan fingerprint density at radius 3 is 2.91 bits per heavy atom. The number of nitrogens with zero attached hydrogens (tertiary/aromatic N) is 3. The highest BCUT2D eigenvalue weighted by Gasteiger charge is 2.19. The maximum absolute atomic E-state index is 11.4. The minimum absolute atomic E-state index is 0.0790. The van der Waals surface area contributed by atoms with Crippen LogP contribution >= 0.6 is 0 Å². The average molecular weight is 301 g/mol. The summed E-state index contributed by atoms with van der Waals surface area (Å²) < 4.78 is 12.5. The SMILES string of the molecule is CCOCCOc1nc2ccccc2n2cnc(C(=O)O)c12. The fourth-order valence-electron chi connectivity index (χ4n) is 2.26. The number of benzene rings is 1. The lowest BCUT2D eigenvalue weighted by molar-refractivity contribution is 0.0692. The third-order valence-corrected chi connectivity index (χ3v) is 3.21. The molecule has 114 valence electrons. The molecular weight excluding hydrogens is 286 g/mol. The van der Waals surface area contributed by atoms with Gasteiger partial charge in [-0.05, 0) is 19.1 Å². The van der Waals surface area contributed by atoms with Crippen molar-refractivity contribution in [3.05, 3.63) is 36.3 Å². The largest absolute Gasteiger partial charge is 0.476 e. The number of rotatable bonds is 6. The zero-order valence-electron chi connectivity index (χ0n) is 12.0. The van der Waals surface area contributed by atoms with Gasteiger partial charge in [-0.2, -0.15) is 0 Å². The third kappa shape index (κ3) is 2.46. The molecule has 1 N–H and O–H groups in total. The van der Waals surface area contributed by atoms with Crippen LogP contribution < -0.4 is 4.74 Å². The standard InChI is InChI=1S/C15H15N3O4/c1-2-21-7-8-22-14-13-12(15(19)20)16-9-18(13)11-6-4-3-5-10(11)17-14/h3-6,9H,2,7-8H2,1H3,(H,19,20). The molecule has 0 aliphatic heterocycles. The van der Waals surface area contributed by atoms with Gasteiger partial charge in [0, 0.05) is 6.61 Å². The second kappa shape index (κ2) is 5.98. The minimum atomic E-state index is -1.12. The van der Waals surface area contributed by atoms with Crippen molar-refractivity contribution in [1.29, 1.82) is 0 Å². The van der Waals surface area contributed by atoms with Crippen LogP contribution in [0.3, 0.4) is 0 Å². The minimum Gasteiger partial charge on any atom is -0.476 e. The summed E-state index contributed by atoms with van der Waals surface area (Å²) >= 11 is 0. The topological polar surface area (TPSA) is 86.0 Å². The van der Waals surface area contributed by atoms with E-state index < -0.39 is 5.97 Å². The molecule has 0 aliphatic rings. The number of hydrogen-bond acceptors (Lipinski definition) is 5. The van der Waals surface area contributed by atoms with Crippen molar-refractivity contribution in [1.82, 2.24) is 14.4 Å². The summed E-state index contributed by atoms with van der Waals surface area (Å²) in [6, 6.07) is 7.41. The van der Waals surface area contributed by atoms with Crippen molar-refractivity contribution < 1.29 is 19.4 Å². The van der Waals surface area contributed by atoms with Crippen LogP contribution in [0.15, 0.2) is 30.6 Å². The number of ether oxygens (including phenoxy) is 2. The van der Waals surface area contributed by atoms with Gasteiger partial charge in [0.2, 0.25) is 5.88 Å². The number of aromatic carboxylic acids is 1. The molecule has 7 nitrogen and oxygen atoms in total. The molecule has 7 heteroatoms. The summed E-state index contributed by atoms with van der Waals surface area (Å²) in [6.07, 6.45) is 1.47. The molecule has 0 atom stereocenters. The number of hydrogen-bond donors (Lipinski definition) is 1. The van der Waals surface area contributed by atoms with Crippen LogP contribution in [0.1, 0.15) is 17.4 Å². The van der Waals surface area contributed by atoms with Gasteiger partial charge in [-0.1, -0.05) is 12.1 Å². The molecule has 22 heavy (non-hydrogen) atoms. The molecule has 0 saturated heterocycles. The van der Waals surface area contributed by atoms with Gasteiger partial charge in [-0.3, -0.25) is 4.40 Å². The average Bonchev–Trinajstić information content (AvgIpc) is 2.97. The van der Waals surface area contributed by atoms with E-state index in [9.17, 15) is 9.90 Å². The number of carboxylic acids is 1. The first-order valence-corrected chi connectivity index (χ1v) is 6.92. The van der Waals surface area contributed by atoms with Crippen LogP contribution in [0.2, 0.25) is 0 Å². The number of aromatic nitrogens is 3. The van der Waals surface area contributed by atoms with Crippen molar-refractivity contribution >= 4 is 22.5 Å². The van der Waals surface area contributed by atoms with Crippen LogP contribution in [-0.2, 0) is 4.74 Å². The maximum atomic E-state index is 11.4. The van der Waals surface area contributed by atoms with E-state index in [1.54, 1.807) is 4.40 Å². The number of carboxylic acid groups (broad SMARTS) is 1. The monoisotopic (exact) mass is 301 g/mol. The lowest BCUT2D eigenvalue weighted by Crippen LogP contribution is -2.09. The second-order valence-corrected chi connectivity index (χ2v) is 4.57. The number of carbonyl (C=O) groups is 1. The van der Waals surface area contributed by atoms with E-state index in [4.69, 9.17) is 9.47 Å². The molecule has 0 radical (unpaired) electrons. The lowest BCUT2D eigenvalue weighted by Gasteiger charge is -2.10. The van der Waals surface area contributed by atoms with E-state index in [1.165, 1.54) is 6.33 Å². The quantitative estimate of drug-likeness (QED) is 0.701. The first kappa shape index (κ1) is 14.3. The van der Waals surface area contributed by atoms with Crippen molar-refractivity contribution in [2.24, 2.45) is 0 Å². The molecule has 3 aromatic rings. The molecular formula is C15H15N3O4. The van der Waals surface area contributed by atoms with Gasteiger partial charge >= 0.3 is 5.97 Å². The highest BCUT2D eigenvalue weighted by Crippen LogP contribution is 2.26. The molecule has 1 aromatic carbocycles. The number of fused-ring (bicyclic) bond motifs is 3. The van der Waals surface area contributed by atoms with E-state index >= 15 is 0 Å². The van der Waals surface area contributed by atoms with Gasteiger partial charge in [0.25, 0.3) is 0 Å². The Morgan fingerprint density at radius 1 is 1.32 bits per heavy atom. The molecule has 2 aromatic heterocycles. The Balaban J connectivity index is 2.13. The summed E-state index contributed by atoms with van der Waals surface area (Å²) in [5.74, 6) is -0.873. The Kier molecular flexibility index (Phi) is 3.88. The summed E-state index contributed by atoms with van der Waals surface area (Å²) in [5.41, 5.74) is 1.75. The predicted octanol–water partition coefficient (Wildman–Crippen LogP) is 2.00. The number of imidazole rings is 1. The van der Waals surface area contributed by atoms with Crippen LogP contribution in [0, 0.1) is 0 Å². The zero-order valence-corrected chi connectivity index (χ0v) is 12.0. The summed E-state index contributed by atoms with van der Waals surface area (Å²) in [5, 5.41) is 9.29. The maximum Gasteiger partial charge on any atom is 0.356 e. The van der Waals surface area contributed by atoms with Crippen LogP contribution in [0.4, 0.5) is 0 Å². The molecule has 0 fully saturated rings. The van der Waals surface area contributed by atoms with Gasteiger partial charge < -0.3 is 14.6 Å². The fourth-order valence-corrected chi connectivity index (χ4v) is 2.26. The first-order chi connectivity index (χ1) is 10.7. The van der Waals surface area contributed by atoms with E-state index in [2.05, 4.69) is 9.97 Å². The Bertz CT molecular complexity index is 828. The molecule has 2 heterocycles. The third-order valence-electron chi connectivity index (χ3n) is 3.21. The van der Waals surface area contributed by atoms with Gasteiger partial charge in [0.15, 0.2) is 5.69 Å². The molecule has 3 rings (SSSR count). The summed E-state index contributed by atoms with van der Waals surface area (Å²) in [4.78, 5) is 19.7. The van der Waals surface area contributed by atoms with Gasteiger partial charge in [0.05, 0.1) is 17.6 Å². The van der Waals surface area contributed by atoms with E-state index in [0.29, 0.717) is 30.9 Å². The smallest absolute Gasteiger partial charge is 0.356 e. The molecule has 0 amide bonds. The summed E-state index contributed by atoms with van der Waals surface area (Å²) in [7, 11) is 0. The molecule has 0 aliphatic carbocycles. The Labute approximate surface area is 126 Å². The van der Waals surface area contributed by atoms with E-state index in [-0.39, 0.29) is 11.6 Å². The Morgan fingerprint density at radius 2 is 2.14 bits per heavy atom. The van der Waals surface area contributed by atoms with E-state index in [0.717, 1.165) is 5.52 Å². The van der Waals surface area contributed by atoms with Crippen LogP contribution in [0.25, 0.3) is 16.6 Å². The normalized spacial score (nSPS) is 11.1. The van der Waals surface area contributed by atoms with Crippen molar-refractivity contribution in [3.8, 4) is 5.88 Å². The van der Waals surface area contributed by atoms with Crippen LogP contribution in [0.5, 0.6) is 5.88 Å². The van der Waals surface area contributed by atoms with Crippen molar-refractivity contribution in [3.63, 3.8) is 0 Å². The van der Waals surface area contributed by atoms with Gasteiger partial charge in [-0.15, -0.1) is 0 Å². The van der Waals surface area contributed by atoms with Gasteiger partial charge in [-0.25, -0.2) is 14.8 Å². The van der Waals surface area contributed by atoms with Crippen molar-refractivity contribution in [2.45, 2.75) is 6.92 Å².